The van der Waals surface area contributed by atoms with Crippen LogP contribution in [0.25, 0.3) is 6.08 Å². The predicted molar refractivity (Wildman–Crippen MR) is 105 cm³/mol. The van der Waals surface area contributed by atoms with Crippen LogP contribution in [-0.2, 0) is 0 Å². The van der Waals surface area contributed by atoms with E-state index in [9.17, 15) is 9.59 Å². The first-order valence-corrected chi connectivity index (χ1v) is 9.01. The van der Waals surface area contributed by atoms with Crippen molar-refractivity contribution in [3.63, 3.8) is 0 Å². The molecule has 3 aromatic carbocycles. The van der Waals surface area contributed by atoms with E-state index in [-0.39, 0.29) is 11.5 Å². The van der Waals surface area contributed by atoms with Gasteiger partial charge in [-0.1, -0.05) is 52.3 Å². The van der Waals surface area contributed by atoms with Gasteiger partial charge in [-0.25, -0.2) is 4.79 Å². The lowest BCUT2D eigenvalue weighted by molar-refractivity contribution is 0.0734. The van der Waals surface area contributed by atoms with Crippen LogP contribution in [0, 0.1) is 0 Å². The Kier molecular flexibility index (Phi) is 4.60. The second-order valence-corrected chi connectivity index (χ2v) is 6.73. The van der Waals surface area contributed by atoms with E-state index in [1.54, 1.807) is 48.5 Å². The number of esters is 1. The minimum atomic E-state index is -0.469. The van der Waals surface area contributed by atoms with E-state index in [1.807, 2.05) is 30.3 Å². The molecule has 0 unspecified atom stereocenters. The minimum absolute atomic E-state index is 0.207. The highest BCUT2D eigenvalue weighted by atomic mass is 79.9. The third-order valence-corrected chi connectivity index (χ3v) is 4.78. The van der Waals surface area contributed by atoms with Crippen molar-refractivity contribution >= 4 is 33.8 Å². The summed E-state index contributed by atoms with van der Waals surface area (Å²) >= 11 is 3.45. The molecule has 0 aliphatic carbocycles. The Labute approximate surface area is 164 Å². The van der Waals surface area contributed by atoms with Crippen LogP contribution in [0.2, 0.25) is 0 Å². The molecule has 3 aromatic rings. The number of allylic oxidation sites excluding steroid dienone is 1. The Morgan fingerprint density at radius 3 is 2.48 bits per heavy atom. The second-order valence-electron chi connectivity index (χ2n) is 5.87. The first-order valence-electron chi connectivity index (χ1n) is 8.22. The van der Waals surface area contributed by atoms with Crippen LogP contribution in [0.4, 0.5) is 0 Å². The number of fused-ring (bicyclic) bond motifs is 1. The summed E-state index contributed by atoms with van der Waals surface area (Å²) in [7, 11) is 0. The van der Waals surface area contributed by atoms with Crippen LogP contribution in [0.5, 0.6) is 11.5 Å². The standard InChI is InChI=1S/C22H13BrO4/c23-18-9-5-4-8-15(18)12-20-21(24)17-11-10-16(13-19(17)27-20)26-22(25)14-6-2-1-3-7-14/h1-13H/b20-12-. The number of hydrogen-bond donors (Lipinski definition) is 0. The largest absolute Gasteiger partial charge is 0.452 e. The van der Waals surface area contributed by atoms with E-state index < -0.39 is 5.97 Å². The second kappa shape index (κ2) is 7.21. The maximum absolute atomic E-state index is 12.6. The van der Waals surface area contributed by atoms with E-state index in [0.717, 1.165) is 10.0 Å². The highest BCUT2D eigenvalue weighted by Gasteiger charge is 2.28. The predicted octanol–water partition coefficient (Wildman–Crippen LogP) is 5.28. The third kappa shape index (κ3) is 3.55. The zero-order valence-electron chi connectivity index (χ0n) is 14.0. The molecule has 1 aliphatic rings. The average molecular weight is 421 g/mol. The molecule has 0 saturated carbocycles. The summed E-state index contributed by atoms with van der Waals surface area (Å²) in [5.74, 6) is 0.239. The van der Waals surface area contributed by atoms with Crippen LogP contribution in [0.3, 0.4) is 0 Å². The first kappa shape index (κ1) is 17.2. The number of carbonyl (C=O) groups excluding carboxylic acids is 2. The average Bonchev–Trinajstić information content (AvgIpc) is 2.99. The van der Waals surface area contributed by atoms with Gasteiger partial charge < -0.3 is 9.47 Å². The maximum Gasteiger partial charge on any atom is 0.343 e. The summed E-state index contributed by atoms with van der Waals surface area (Å²) in [6.45, 7) is 0. The zero-order valence-corrected chi connectivity index (χ0v) is 15.6. The highest BCUT2D eigenvalue weighted by molar-refractivity contribution is 9.10. The normalized spacial score (nSPS) is 14.0. The van der Waals surface area contributed by atoms with Crippen LogP contribution >= 0.6 is 15.9 Å². The molecule has 0 radical (unpaired) electrons. The van der Waals surface area contributed by atoms with E-state index >= 15 is 0 Å². The lowest BCUT2D eigenvalue weighted by atomic mass is 10.1. The molecule has 4 rings (SSSR count). The lowest BCUT2D eigenvalue weighted by Gasteiger charge is -2.05. The molecule has 0 bridgehead atoms. The fourth-order valence-corrected chi connectivity index (χ4v) is 3.10. The number of benzene rings is 3. The van der Waals surface area contributed by atoms with Crippen LogP contribution in [0.1, 0.15) is 26.3 Å². The molecule has 0 N–H and O–H groups in total. The van der Waals surface area contributed by atoms with Crippen molar-refractivity contribution in [1.82, 2.24) is 0 Å². The number of Topliss-reactive ketones (excluding diaryl/α,β-unsaturated/α-hetero) is 1. The molecule has 0 saturated heterocycles. The molecule has 0 spiro atoms. The molecule has 0 atom stereocenters. The summed E-state index contributed by atoms with van der Waals surface area (Å²) in [4.78, 5) is 24.7. The van der Waals surface area contributed by atoms with Gasteiger partial charge in [0.15, 0.2) is 5.76 Å². The summed E-state index contributed by atoms with van der Waals surface area (Å²) in [6, 6.07) is 21.0. The van der Waals surface area contributed by atoms with E-state index in [0.29, 0.717) is 22.6 Å². The van der Waals surface area contributed by atoms with Gasteiger partial charge in [0, 0.05) is 10.5 Å². The number of rotatable bonds is 3. The number of ether oxygens (including phenoxy) is 2. The summed E-state index contributed by atoms with van der Waals surface area (Å²) in [5, 5.41) is 0. The molecular weight excluding hydrogens is 408 g/mol. The van der Waals surface area contributed by atoms with E-state index in [1.165, 1.54) is 0 Å². The summed E-state index contributed by atoms with van der Waals surface area (Å²) < 4.78 is 11.9. The fraction of sp³-hybridized carbons (Fsp3) is 0. The maximum atomic E-state index is 12.6. The number of halogens is 1. The van der Waals surface area contributed by atoms with Gasteiger partial charge in [0.05, 0.1) is 11.1 Å². The van der Waals surface area contributed by atoms with Crippen molar-refractivity contribution in [2.45, 2.75) is 0 Å². The van der Waals surface area contributed by atoms with Gasteiger partial charge in [-0.3, -0.25) is 4.79 Å². The molecule has 132 valence electrons. The molecule has 4 nitrogen and oxygen atoms in total. The Bertz CT molecular complexity index is 1070. The van der Waals surface area contributed by atoms with Gasteiger partial charge in [-0.15, -0.1) is 0 Å². The van der Waals surface area contributed by atoms with E-state index in [2.05, 4.69) is 15.9 Å². The van der Waals surface area contributed by atoms with Crippen molar-refractivity contribution in [2.24, 2.45) is 0 Å². The third-order valence-electron chi connectivity index (χ3n) is 4.05. The summed E-state index contributed by atoms with van der Waals surface area (Å²) in [6.07, 6.45) is 1.68. The molecule has 27 heavy (non-hydrogen) atoms. The smallest absolute Gasteiger partial charge is 0.343 e. The molecule has 5 heteroatoms. The molecule has 0 aromatic heterocycles. The fourth-order valence-electron chi connectivity index (χ4n) is 2.70. The Balaban J connectivity index is 1.58. The van der Waals surface area contributed by atoms with Crippen LogP contribution in [0.15, 0.2) is 83.0 Å². The topological polar surface area (TPSA) is 52.6 Å². The molecular formula is C22H13BrO4. The number of carbonyl (C=O) groups is 2. The van der Waals surface area contributed by atoms with Crippen molar-refractivity contribution in [3.05, 3.63) is 99.7 Å². The zero-order chi connectivity index (χ0) is 18.8. The molecule has 0 amide bonds. The number of ketones is 1. The van der Waals surface area contributed by atoms with Crippen LogP contribution < -0.4 is 9.47 Å². The van der Waals surface area contributed by atoms with Gasteiger partial charge >= 0.3 is 5.97 Å². The van der Waals surface area contributed by atoms with Gasteiger partial charge in [-0.05, 0) is 42.0 Å². The highest BCUT2D eigenvalue weighted by Crippen LogP contribution is 2.35. The Hall–Kier alpha value is -3.18. The van der Waals surface area contributed by atoms with Crippen molar-refractivity contribution in [2.75, 3.05) is 0 Å². The van der Waals surface area contributed by atoms with Crippen LogP contribution in [-0.4, -0.2) is 11.8 Å². The van der Waals surface area contributed by atoms with E-state index in [4.69, 9.17) is 9.47 Å². The van der Waals surface area contributed by atoms with Crippen molar-refractivity contribution < 1.29 is 19.1 Å². The van der Waals surface area contributed by atoms with Crippen molar-refractivity contribution in [3.8, 4) is 11.5 Å². The molecule has 1 heterocycles. The van der Waals surface area contributed by atoms with Gasteiger partial charge in [0.1, 0.15) is 11.5 Å². The SMILES string of the molecule is O=C(Oc1ccc2c(c1)O/C(=C\c1ccccc1Br)C2=O)c1ccccc1. The lowest BCUT2D eigenvalue weighted by Crippen LogP contribution is -2.08. The van der Waals surface area contributed by atoms with Crippen molar-refractivity contribution in [1.29, 1.82) is 0 Å². The monoisotopic (exact) mass is 420 g/mol. The van der Waals surface area contributed by atoms with Gasteiger partial charge in [-0.2, -0.15) is 0 Å². The minimum Gasteiger partial charge on any atom is -0.452 e. The number of hydrogen-bond acceptors (Lipinski definition) is 4. The van der Waals surface area contributed by atoms with Gasteiger partial charge in [0.2, 0.25) is 5.78 Å². The molecule has 0 fully saturated rings. The van der Waals surface area contributed by atoms with Gasteiger partial charge in [0.25, 0.3) is 0 Å². The quantitative estimate of drug-likeness (QED) is 0.328. The summed E-state index contributed by atoms with van der Waals surface area (Å²) in [5.41, 5.74) is 1.72. The Morgan fingerprint density at radius 2 is 1.70 bits per heavy atom. The first-order chi connectivity index (χ1) is 13.1. The Morgan fingerprint density at radius 1 is 0.963 bits per heavy atom. The molecule has 1 aliphatic heterocycles.